The number of carbonyl (C=O) groups excluding carboxylic acids is 1. The van der Waals surface area contributed by atoms with Crippen molar-refractivity contribution in [2.24, 2.45) is 5.92 Å². The summed E-state index contributed by atoms with van der Waals surface area (Å²) in [5, 5.41) is 26.0. The van der Waals surface area contributed by atoms with Gasteiger partial charge in [0.15, 0.2) is 0 Å². The van der Waals surface area contributed by atoms with Crippen molar-refractivity contribution in [2.45, 2.75) is 25.4 Å². The minimum absolute atomic E-state index is 0.113. The van der Waals surface area contributed by atoms with Crippen molar-refractivity contribution >= 4 is 46.0 Å². The van der Waals surface area contributed by atoms with Gasteiger partial charge in [-0.25, -0.2) is 0 Å². The summed E-state index contributed by atoms with van der Waals surface area (Å²) in [6.07, 6.45) is 5.22. The quantitative estimate of drug-likeness (QED) is 0.456. The molecule has 162 valence electrons. The first-order chi connectivity index (χ1) is 14.5. The van der Waals surface area contributed by atoms with Crippen molar-refractivity contribution < 1.29 is 15.0 Å². The summed E-state index contributed by atoms with van der Waals surface area (Å²) in [5.74, 6) is 0.0186. The molecule has 1 saturated heterocycles. The topological polar surface area (TPSA) is 84.8 Å². The molecule has 1 aliphatic heterocycles. The molecule has 2 unspecified atom stereocenters. The summed E-state index contributed by atoms with van der Waals surface area (Å²) in [4.78, 5) is 15.1. The van der Waals surface area contributed by atoms with Crippen LogP contribution in [-0.2, 0) is 4.79 Å². The summed E-state index contributed by atoms with van der Waals surface area (Å²) in [6.45, 7) is 2.53. The zero-order chi connectivity index (χ0) is 21.5. The van der Waals surface area contributed by atoms with Crippen LogP contribution in [0.1, 0.15) is 19.3 Å². The molecule has 0 radical (unpaired) electrons. The van der Waals surface area contributed by atoms with Crippen LogP contribution < -0.4 is 15.5 Å². The first kappa shape index (κ1) is 22.7. The minimum atomic E-state index is -0.746. The zero-order valence-electron chi connectivity index (χ0n) is 16.8. The highest BCUT2D eigenvalue weighted by molar-refractivity contribution is 7.81. The standard InChI is InChI=1S/C22H28ClN3O3S/c23-16-3-8-21(30)20(10-16)22(29)25-12-19(28)11-24-17-4-6-18(7-5-17)26-9-1-2-15(13-26)14-27/h3-7,10,15,19,24,27-28H,1-2,8-9,11-14H2,(H,25,29). The predicted octanol–water partition coefficient (Wildman–Crippen LogP) is 2.61. The highest BCUT2D eigenvalue weighted by atomic mass is 35.5. The van der Waals surface area contributed by atoms with Gasteiger partial charge in [0.1, 0.15) is 0 Å². The van der Waals surface area contributed by atoms with E-state index in [4.69, 9.17) is 23.8 Å². The molecule has 0 spiro atoms. The molecule has 1 aromatic rings. The molecule has 1 fully saturated rings. The molecular weight excluding hydrogens is 422 g/mol. The van der Waals surface area contributed by atoms with Crippen molar-refractivity contribution in [3.05, 3.63) is 47.0 Å². The molecule has 8 heteroatoms. The number of piperidine rings is 1. The van der Waals surface area contributed by atoms with Crippen molar-refractivity contribution in [2.75, 3.05) is 43.0 Å². The van der Waals surface area contributed by atoms with Crippen LogP contribution in [0.2, 0.25) is 0 Å². The first-order valence-electron chi connectivity index (χ1n) is 10.2. The molecule has 1 aliphatic carbocycles. The third kappa shape index (κ3) is 6.28. The smallest absolute Gasteiger partial charge is 0.252 e. The molecule has 1 heterocycles. The van der Waals surface area contributed by atoms with Gasteiger partial charge < -0.3 is 25.7 Å². The van der Waals surface area contributed by atoms with Crippen molar-refractivity contribution in [1.29, 1.82) is 0 Å². The van der Waals surface area contributed by atoms with Crippen LogP contribution in [0, 0.1) is 5.92 Å². The highest BCUT2D eigenvalue weighted by Gasteiger charge is 2.20. The number of carbonyl (C=O) groups is 1. The Morgan fingerprint density at radius 1 is 1.30 bits per heavy atom. The number of amides is 1. The molecule has 0 aromatic heterocycles. The van der Waals surface area contributed by atoms with Gasteiger partial charge in [0.05, 0.1) is 11.7 Å². The van der Waals surface area contributed by atoms with Gasteiger partial charge in [0.2, 0.25) is 0 Å². The first-order valence-corrected chi connectivity index (χ1v) is 11.0. The molecule has 0 saturated carbocycles. The maximum absolute atomic E-state index is 12.3. The van der Waals surface area contributed by atoms with E-state index in [9.17, 15) is 15.0 Å². The van der Waals surface area contributed by atoms with Gasteiger partial charge in [-0.3, -0.25) is 4.79 Å². The lowest BCUT2D eigenvalue weighted by Gasteiger charge is -2.33. The molecule has 30 heavy (non-hydrogen) atoms. The van der Waals surface area contributed by atoms with E-state index in [1.54, 1.807) is 12.2 Å². The van der Waals surface area contributed by atoms with E-state index in [0.717, 1.165) is 37.3 Å². The van der Waals surface area contributed by atoms with Crippen LogP contribution >= 0.6 is 23.8 Å². The summed E-state index contributed by atoms with van der Waals surface area (Å²) in [6, 6.07) is 8.04. The normalized spacial score (nSPS) is 20.3. The van der Waals surface area contributed by atoms with Crippen LogP contribution in [0.3, 0.4) is 0 Å². The number of halogens is 1. The summed E-state index contributed by atoms with van der Waals surface area (Å²) < 4.78 is 0. The number of rotatable bonds is 8. The monoisotopic (exact) mass is 449 g/mol. The van der Waals surface area contributed by atoms with Crippen molar-refractivity contribution in [3.63, 3.8) is 0 Å². The Kier molecular flexibility index (Phi) is 8.27. The summed E-state index contributed by atoms with van der Waals surface area (Å²) in [5.41, 5.74) is 2.42. The van der Waals surface area contributed by atoms with E-state index in [0.29, 0.717) is 34.4 Å². The van der Waals surface area contributed by atoms with Crippen LogP contribution in [0.15, 0.2) is 47.0 Å². The number of allylic oxidation sites excluding steroid dienone is 3. The fourth-order valence-electron chi connectivity index (χ4n) is 3.62. The maximum atomic E-state index is 12.3. The fraction of sp³-hybridized carbons (Fsp3) is 0.455. The number of benzene rings is 1. The number of thiocarbonyl (C=S) groups is 1. The molecule has 3 rings (SSSR count). The second-order valence-corrected chi connectivity index (χ2v) is 8.63. The van der Waals surface area contributed by atoms with Gasteiger partial charge in [-0.15, -0.1) is 0 Å². The van der Waals surface area contributed by atoms with E-state index < -0.39 is 6.10 Å². The third-order valence-electron chi connectivity index (χ3n) is 5.36. The van der Waals surface area contributed by atoms with Crippen LogP contribution in [-0.4, -0.2) is 59.9 Å². The molecule has 2 aliphatic rings. The number of nitrogens with one attached hydrogen (secondary N) is 2. The number of aliphatic hydroxyl groups is 2. The lowest BCUT2D eigenvalue weighted by Crippen LogP contribution is -2.37. The van der Waals surface area contributed by atoms with Gasteiger partial charge in [0, 0.05) is 60.5 Å². The average Bonchev–Trinajstić information content (AvgIpc) is 2.78. The number of aliphatic hydroxyl groups excluding tert-OH is 2. The molecular formula is C22H28ClN3O3S. The lowest BCUT2D eigenvalue weighted by atomic mass is 9.98. The van der Waals surface area contributed by atoms with E-state index in [1.165, 1.54) is 0 Å². The van der Waals surface area contributed by atoms with Crippen LogP contribution in [0.25, 0.3) is 0 Å². The third-order valence-corrected chi connectivity index (χ3v) is 6.01. The number of nitrogens with zero attached hydrogens (tertiary/aromatic N) is 1. The Hall–Kier alpha value is -1.93. The second kappa shape index (κ2) is 10.9. The molecule has 1 aromatic carbocycles. The Labute approximate surface area is 187 Å². The Morgan fingerprint density at radius 2 is 2.07 bits per heavy atom. The minimum Gasteiger partial charge on any atom is -0.396 e. The summed E-state index contributed by atoms with van der Waals surface area (Å²) in [7, 11) is 0. The van der Waals surface area contributed by atoms with E-state index >= 15 is 0 Å². The second-order valence-electron chi connectivity index (χ2n) is 7.70. The molecule has 0 bridgehead atoms. The Balaban J connectivity index is 1.43. The molecule has 1 amide bonds. The molecule has 4 N–H and O–H groups in total. The average molecular weight is 450 g/mol. The molecule has 6 nitrogen and oxygen atoms in total. The maximum Gasteiger partial charge on any atom is 0.252 e. The lowest BCUT2D eigenvalue weighted by molar-refractivity contribution is -0.117. The largest absolute Gasteiger partial charge is 0.396 e. The van der Waals surface area contributed by atoms with Gasteiger partial charge >= 0.3 is 0 Å². The Bertz CT molecular complexity index is 825. The van der Waals surface area contributed by atoms with E-state index in [2.05, 4.69) is 15.5 Å². The zero-order valence-corrected chi connectivity index (χ0v) is 18.4. The Morgan fingerprint density at radius 3 is 2.80 bits per heavy atom. The highest BCUT2D eigenvalue weighted by Crippen LogP contribution is 2.24. The van der Waals surface area contributed by atoms with Crippen LogP contribution in [0.4, 0.5) is 11.4 Å². The van der Waals surface area contributed by atoms with Gasteiger partial charge in [0.25, 0.3) is 5.91 Å². The van der Waals surface area contributed by atoms with E-state index in [-0.39, 0.29) is 19.1 Å². The van der Waals surface area contributed by atoms with Gasteiger partial charge in [-0.2, -0.15) is 0 Å². The fourth-order valence-corrected chi connectivity index (χ4v) is 4.04. The van der Waals surface area contributed by atoms with E-state index in [1.807, 2.05) is 24.3 Å². The summed E-state index contributed by atoms with van der Waals surface area (Å²) >= 11 is 11.1. The van der Waals surface area contributed by atoms with Gasteiger partial charge in [-0.1, -0.05) is 29.9 Å². The number of hydrogen-bond acceptors (Lipinski definition) is 6. The van der Waals surface area contributed by atoms with Crippen molar-refractivity contribution in [1.82, 2.24) is 5.32 Å². The van der Waals surface area contributed by atoms with Crippen LogP contribution in [0.5, 0.6) is 0 Å². The molecule has 2 atom stereocenters. The van der Waals surface area contributed by atoms with Gasteiger partial charge in [-0.05, 0) is 49.1 Å². The predicted molar refractivity (Wildman–Crippen MR) is 125 cm³/mol. The number of hydrogen-bond donors (Lipinski definition) is 4. The van der Waals surface area contributed by atoms with Crippen molar-refractivity contribution in [3.8, 4) is 0 Å². The SMILES string of the molecule is O=C(NCC(O)CNc1ccc(N2CCCC(CO)C2)cc1)C1=CC(Cl)=CCC1=S. The number of anilines is 2.